The zero-order valence-electron chi connectivity index (χ0n) is 43.4. The minimum atomic E-state index is -1.57. The quantitative estimate of drug-likeness (QED) is 0.0196. The van der Waals surface area contributed by atoms with Crippen molar-refractivity contribution < 1.29 is 49.3 Å². The summed E-state index contributed by atoms with van der Waals surface area (Å²) in [5.41, 5.74) is 0. The lowest BCUT2D eigenvalue weighted by Crippen LogP contribution is -2.60. The van der Waals surface area contributed by atoms with Crippen LogP contribution in [0.3, 0.4) is 0 Å². The van der Waals surface area contributed by atoms with Crippen LogP contribution in [0.4, 0.5) is 0 Å². The molecule has 67 heavy (non-hydrogen) atoms. The van der Waals surface area contributed by atoms with Gasteiger partial charge in [-0.2, -0.15) is 0 Å². The number of nitrogens with one attached hydrogen (secondary N) is 1. The largest absolute Gasteiger partial charge is 0.466 e. The van der Waals surface area contributed by atoms with Crippen molar-refractivity contribution in [1.82, 2.24) is 5.32 Å². The molecule has 7 unspecified atom stereocenters. The highest BCUT2D eigenvalue weighted by molar-refractivity contribution is 5.76. The molecule has 11 heteroatoms. The van der Waals surface area contributed by atoms with Crippen LogP contribution in [-0.4, -0.2) is 100 Å². The van der Waals surface area contributed by atoms with Crippen LogP contribution in [0.1, 0.15) is 271 Å². The van der Waals surface area contributed by atoms with Gasteiger partial charge in [0.1, 0.15) is 24.4 Å². The van der Waals surface area contributed by atoms with Crippen LogP contribution in [0.25, 0.3) is 0 Å². The van der Waals surface area contributed by atoms with Gasteiger partial charge in [0.25, 0.3) is 0 Å². The van der Waals surface area contributed by atoms with Gasteiger partial charge >= 0.3 is 5.97 Å². The van der Waals surface area contributed by atoms with Crippen molar-refractivity contribution in [2.45, 2.75) is 314 Å². The van der Waals surface area contributed by atoms with E-state index in [0.29, 0.717) is 19.4 Å². The number of carbonyl (C=O) groups excluding carboxylic acids is 2. The molecular formula is C56H107NO10. The van der Waals surface area contributed by atoms with E-state index in [9.17, 15) is 35.1 Å². The lowest BCUT2D eigenvalue weighted by molar-refractivity contribution is -0.302. The molecule has 0 aromatic carbocycles. The molecule has 0 bridgehead atoms. The number of unbranched alkanes of at least 4 members (excludes halogenated alkanes) is 35. The summed E-state index contributed by atoms with van der Waals surface area (Å²) >= 11 is 0. The molecule has 0 saturated carbocycles. The van der Waals surface area contributed by atoms with E-state index in [1.54, 1.807) is 6.08 Å². The number of hydrogen-bond donors (Lipinski definition) is 6. The summed E-state index contributed by atoms with van der Waals surface area (Å²) in [6.45, 7) is 4.32. The smallest absolute Gasteiger partial charge is 0.305 e. The van der Waals surface area contributed by atoms with E-state index in [0.717, 1.165) is 64.2 Å². The van der Waals surface area contributed by atoms with Crippen LogP contribution >= 0.6 is 0 Å². The Morgan fingerprint density at radius 2 is 0.940 bits per heavy atom. The number of allylic oxidation sites excluding steroid dienone is 1. The van der Waals surface area contributed by atoms with E-state index in [1.165, 1.54) is 180 Å². The van der Waals surface area contributed by atoms with Gasteiger partial charge in [-0.1, -0.05) is 238 Å². The standard InChI is InChI=1S/C56H107NO10/c1-3-5-7-9-11-13-22-26-30-34-38-42-49(59)48(47-66-56-55(64)54(63)53(62)50(46-58)67-56)57-51(60)43-39-35-31-27-24-20-18-16-15-17-19-21-25-29-33-37-41-45-65-52(61)44-40-36-32-28-23-14-12-10-8-6-4-2/h38,42,48-50,53-56,58-59,62-64H,3-37,39-41,43-47H2,1-2H3,(H,57,60)/b42-38+. The Morgan fingerprint density at radius 3 is 1.39 bits per heavy atom. The van der Waals surface area contributed by atoms with Gasteiger partial charge in [-0.05, 0) is 32.1 Å². The van der Waals surface area contributed by atoms with Crippen molar-refractivity contribution in [3.05, 3.63) is 12.2 Å². The second-order valence-electron chi connectivity index (χ2n) is 20.0. The maximum absolute atomic E-state index is 13.0. The highest BCUT2D eigenvalue weighted by Gasteiger charge is 2.44. The van der Waals surface area contributed by atoms with E-state index in [-0.39, 0.29) is 18.5 Å². The summed E-state index contributed by atoms with van der Waals surface area (Å²) in [6, 6.07) is -0.812. The Labute approximate surface area is 410 Å². The second-order valence-corrected chi connectivity index (χ2v) is 20.0. The van der Waals surface area contributed by atoms with Crippen molar-refractivity contribution in [1.29, 1.82) is 0 Å². The molecule has 1 heterocycles. The third-order valence-corrected chi connectivity index (χ3v) is 13.7. The molecule has 6 N–H and O–H groups in total. The summed E-state index contributed by atoms with van der Waals surface area (Å²) in [7, 11) is 0. The topological polar surface area (TPSA) is 175 Å². The molecule has 1 rings (SSSR count). The van der Waals surface area contributed by atoms with Gasteiger partial charge in [-0.25, -0.2) is 0 Å². The van der Waals surface area contributed by atoms with E-state index < -0.39 is 49.5 Å². The zero-order chi connectivity index (χ0) is 48.8. The van der Waals surface area contributed by atoms with Gasteiger partial charge < -0.3 is 45.1 Å². The van der Waals surface area contributed by atoms with Gasteiger partial charge in [-0.15, -0.1) is 0 Å². The van der Waals surface area contributed by atoms with Gasteiger partial charge in [0.05, 0.1) is 32.0 Å². The number of rotatable bonds is 49. The first-order chi connectivity index (χ1) is 32.7. The lowest BCUT2D eigenvalue weighted by Gasteiger charge is -2.40. The van der Waals surface area contributed by atoms with Crippen LogP contribution in [0.5, 0.6) is 0 Å². The van der Waals surface area contributed by atoms with Crippen molar-refractivity contribution >= 4 is 11.9 Å². The fourth-order valence-corrected chi connectivity index (χ4v) is 9.08. The average molecular weight is 954 g/mol. The number of carbonyl (C=O) groups is 2. The van der Waals surface area contributed by atoms with Gasteiger partial charge in [-0.3, -0.25) is 9.59 Å². The number of ether oxygens (including phenoxy) is 3. The van der Waals surface area contributed by atoms with E-state index in [2.05, 4.69) is 19.2 Å². The normalized spacial score (nSPS) is 19.5. The number of esters is 1. The fourth-order valence-electron chi connectivity index (χ4n) is 9.08. The Kier molecular flexibility index (Phi) is 44.3. The lowest BCUT2D eigenvalue weighted by atomic mass is 9.99. The van der Waals surface area contributed by atoms with Crippen molar-refractivity contribution in [2.75, 3.05) is 19.8 Å². The maximum Gasteiger partial charge on any atom is 0.305 e. The maximum atomic E-state index is 13.0. The molecule has 1 fully saturated rings. The molecule has 0 spiro atoms. The molecule has 0 radical (unpaired) electrons. The summed E-state index contributed by atoms with van der Waals surface area (Å²) in [6.07, 6.45) is 42.9. The zero-order valence-corrected chi connectivity index (χ0v) is 43.4. The summed E-state index contributed by atoms with van der Waals surface area (Å²) < 4.78 is 16.7. The molecule has 11 nitrogen and oxygen atoms in total. The van der Waals surface area contributed by atoms with Gasteiger partial charge in [0.15, 0.2) is 6.29 Å². The van der Waals surface area contributed by atoms with Crippen molar-refractivity contribution in [3.8, 4) is 0 Å². The first-order valence-electron chi connectivity index (χ1n) is 28.5. The van der Waals surface area contributed by atoms with Crippen LogP contribution < -0.4 is 5.32 Å². The SMILES string of the molecule is CCCCCCCCCCC/C=C/C(O)C(COC1OC(CO)C(O)C(O)C1O)NC(=O)CCCCCCCCCCCCCCCCCCCOC(=O)CCCCCCCCCCCCC. The summed E-state index contributed by atoms with van der Waals surface area (Å²) in [5, 5.41) is 54.3. The highest BCUT2D eigenvalue weighted by Crippen LogP contribution is 2.23. The van der Waals surface area contributed by atoms with Gasteiger partial charge in [0.2, 0.25) is 5.91 Å². The molecule has 1 aliphatic heterocycles. The molecule has 0 aromatic heterocycles. The van der Waals surface area contributed by atoms with Gasteiger partial charge in [0, 0.05) is 12.8 Å². The predicted molar refractivity (Wildman–Crippen MR) is 274 cm³/mol. The van der Waals surface area contributed by atoms with Crippen molar-refractivity contribution in [2.24, 2.45) is 0 Å². The van der Waals surface area contributed by atoms with Crippen LogP contribution in [0.2, 0.25) is 0 Å². The Hall–Kier alpha value is -1.60. The highest BCUT2D eigenvalue weighted by atomic mass is 16.7. The van der Waals surface area contributed by atoms with E-state index in [4.69, 9.17) is 14.2 Å². The summed E-state index contributed by atoms with van der Waals surface area (Å²) in [5.74, 6) is -0.198. The van der Waals surface area contributed by atoms with E-state index >= 15 is 0 Å². The Bertz CT molecular complexity index is 1120. The minimum absolute atomic E-state index is 0.0115. The fraction of sp³-hybridized carbons (Fsp3) is 0.929. The summed E-state index contributed by atoms with van der Waals surface area (Å²) in [4.78, 5) is 25.0. The molecule has 0 aromatic rings. The average Bonchev–Trinajstić information content (AvgIpc) is 3.32. The first kappa shape index (κ1) is 63.4. The third kappa shape index (κ3) is 36.9. The molecule has 396 valence electrons. The van der Waals surface area contributed by atoms with Crippen LogP contribution in [0, 0.1) is 0 Å². The molecule has 1 amide bonds. The monoisotopic (exact) mass is 954 g/mol. The minimum Gasteiger partial charge on any atom is -0.466 e. The van der Waals surface area contributed by atoms with Crippen LogP contribution in [-0.2, 0) is 23.8 Å². The predicted octanol–water partition coefficient (Wildman–Crippen LogP) is 12.4. The number of hydrogen-bond acceptors (Lipinski definition) is 10. The number of aliphatic hydroxyl groups excluding tert-OH is 5. The number of aliphatic hydroxyl groups is 5. The number of amides is 1. The molecule has 7 atom stereocenters. The molecular weight excluding hydrogens is 847 g/mol. The first-order valence-corrected chi connectivity index (χ1v) is 28.5. The van der Waals surface area contributed by atoms with Crippen LogP contribution in [0.15, 0.2) is 12.2 Å². The molecule has 1 saturated heterocycles. The van der Waals surface area contributed by atoms with E-state index in [1.807, 2.05) is 6.08 Å². The molecule has 1 aliphatic rings. The third-order valence-electron chi connectivity index (χ3n) is 13.7. The second kappa shape index (κ2) is 46.8. The van der Waals surface area contributed by atoms with Crippen molar-refractivity contribution in [3.63, 3.8) is 0 Å². The Morgan fingerprint density at radius 1 is 0.537 bits per heavy atom. The Balaban J connectivity index is 2.09. The molecule has 0 aliphatic carbocycles.